The fourth-order valence-electron chi connectivity index (χ4n) is 0.248. The quantitative estimate of drug-likeness (QED) is 0.271. The van der Waals surface area contributed by atoms with Gasteiger partial charge >= 0.3 is 6.03 Å². The minimum absolute atomic E-state index is 0.0595. The molecule has 0 aromatic heterocycles. The molecule has 0 fully saturated rings. The molecule has 1 atom stereocenters. The lowest BCUT2D eigenvalue weighted by atomic mass is 10.4. The van der Waals surface area contributed by atoms with E-state index in [9.17, 15) is 4.79 Å². The van der Waals surface area contributed by atoms with Crippen molar-refractivity contribution in [2.45, 2.75) is 6.10 Å². The van der Waals surface area contributed by atoms with Crippen molar-refractivity contribution in [1.29, 1.82) is 0 Å². The highest BCUT2D eigenvalue weighted by molar-refractivity contribution is 5.73. The first-order chi connectivity index (χ1) is 4.66. The van der Waals surface area contributed by atoms with Crippen molar-refractivity contribution in [3.05, 3.63) is 0 Å². The van der Waals surface area contributed by atoms with Crippen LogP contribution in [0.3, 0.4) is 0 Å². The first-order valence-corrected chi connectivity index (χ1v) is 2.63. The van der Waals surface area contributed by atoms with Crippen molar-refractivity contribution in [3.63, 3.8) is 0 Å². The molecule has 2 amide bonds. The van der Waals surface area contributed by atoms with Gasteiger partial charge in [-0.05, 0) is 0 Å². The Morgan fingerprint density at radius 3 is 2.90 bits per heavy atom. The molecule has 0 saturated heterocycles. The Morgan fingerprint density at radius 1 is 1.90 bits per heavy atom. The summed E-state index contributed by atoms with van der Waals surface area (Å²) in [5, 5.41) is 12.0. The maximum atomic E-state index is 9.95. The molecule has 10 heavy (non-hydrogen) atoms. The van der Waals surface area contributed by atoms with Crippen molar-refractivity contribution in [1.82, 2.24) is 5.43 Å². The minimum atomic E-state index is -0.841. The van der Waals surface area contributed by atoms with E-state index in [2.05, 4.69) is 10.8 Å². The largest absolute Gasteiger partial charge is 0.386 e. The Kier molecular flexibility index (Phi) is 4.17. The van der Waals surface area contributed by atoms with Crippen molar-refractivity contribution in [3.8, 4) is 0 Å². The number of nitrogens with one attached hydrogen (secondary N) is 1. The summed E-state index contributed by atoms with van der Waals surface area (Å²) in [4.78, 5) is 9.95. The Balaban J connectivity index is 3.45. The molecule has 0 aliphatic rings. The highest BCUT2D eigenvalue weighted by Crippen LogP contribution is 1.69. The van der Waals surface area contributed by atoms with Gasteiger partial charge in [0.15, 0.2) is 0 Å². The number of amides is 2. The van der Waals surface area contributed by atoms with Crippen LogP contribution in [-0.4, -0.2) is 30.0 Å². The molecule has 0 aliphatic heterocycles. The lowest BCUT2D eigenvalue weighted by Crippen LogP contribution is -2.27. The summed E-state index contributed by atoms with van der Waals surface area (Å²) < 4.78 is 0. The van der Waals surface area contributed by atoms with Crippen molar-refractivity contribution in [2.24, 2.45) is 16.6 Å². The Bertz CT molecular complexity index is 135. The average Bonchev–Trinajstić information content (AvgIpc) is 1.87. The lowest BCUT2D eigenvalue weighted by Gasteiger charge is -1.97. The summed E-state index contributed by atoms with van der Waals surface area (Å²) in [6, 6.07) is -0.777. The number of carbonyl (C=O) groups excluding carboxylic acids is 1. The SMILES string of the molecule is NCC(O)/C=N/NC(N)=O. The fraction of sp³-hybridized carbons (Fsp3) is 0.500. The van der Waals surface area contributed by atoms with Crippen LogP contribution in [-0.2, 0) is 0 Å². The number of hydrogen-bond donors (Lipinski definition) is 4. The van der Waals surface area contributed by atoms with Crippen LogP contribution in [0.25, 0.3) is 0 Å². The molecule has 1 unspecified atom stereocenters. The molecule has 58 valence electrons. The predicted molar refractivity (Wildman–Crippen MR) is 36.3 cm³/mol. The van der Waals surface area contributed by atoms with Gasteiger partial charge < -0.3 is 16.6 Å². The van der Waals surface area contributed by atoms with Gasteiger partial charge in [-0.3, -0.25) is 0 Å². The molecular formula is C4H10N4O2. The fourth-order valence-corrected chi connectivity index (χ4v) is 0.248. The standard InChI is InChI=1S/C4H10N4O2/c5-1-3(9)2-7-8-4(6)10/h2-3,9H,1,5H2,(H3,6,8,10)/b7-2+. The topological polar surface area (TPSA) is 114 Å². The molecule has 0 aliphatic carbocycles. The number of nitrogens with two attached hydrogens (primary N) is 2. The molecule has 0 radical (unpaired) electrons. The van der Waals surface area contributed by atoms with Gasteiger partial charge in [0.2, 0.25) is 0 Å². The maximum Gasteiger partial charge on any atom is 0.332 e. The van der Waals surface area contributed by atoms with Gasteiger partial charge in [0.05, 0.1) is 6.21 Å². The number of rotatable bonds is 3. The van der Waals surface area contributed by atoms with Gasteiger partial charge in [-0.2, -0.15) is 5.10 Å². The zero-order valence-corrected chi connectivity index (χ0v) is 5.32. The predicted octanol–water partition coefficient (Wildman–Crippen LogP) is -2.04. The molecule has 0 heterocycles. The summed E-state index contributed by atoms with van der Waals surface area (Å²) in [7, 11) is 0. The Morgan fingerprint density at radius 2 is 2.50 bits per heavy atom. The Labute approximate surface area is 57.9 Å². The number of hydrazone groups is 1. The minimum Gasteiger partial charge on any atom is -0.386 e. The number of hydrogen-bond acceptors (Lipinski definition) is 4. The molecule has 0 aromatic carbocycles. The third kappa shape index (κ3) is 5.01. The number of urea groups is 1. The highest BCUT2D eigenvalue weighted by atomic mass is 16.3. The number of primary amides is 1. The first-order valence-electron chi connectivity index (χ1n) is 2.63. The van der Waals surface area contributed by atoms with Crippen LogP contribution < -0.4 is 16.9 Å². The van der Waals surface area contributed by atoms with Gasteiger partial charge in [-0.25, -0.2) is 10.2 Å². The van der Waals surface area contributed by atoms with E-state index in [1.807, 2.05) is 5.43 Å². The molecule has 6 N–H and O–H groups in total. The summed E-state index contributed by atoms with van der Waals surface area (Å²) in [6.07, 6.45) is 0.247. The zero-order chi connectivity index (χ0) is 7.98. The average molecular weight is 146 g/mol. The first kappa shape index (κ1) is 8.86. The second-order valence-electron chi connectivity index (χ2n) is 1.56. The molecule has 0 rings (SSSR count). The van der Waals surface area contributed by atoms with E-state index in [-0.39, 0.29) is 6.54 Å². The van der Waals surface area contributed by atoms with E-state index in [0.29, 0.717) is 0 Å². The van der Waals surface area contributed by atoms with E-state index in [1.54, 1.807) is 0 Å². The number of aliphatic hydroxyl groups is 1. The van der Waals surface area contributed by atoms with Crippen LogP contribution >= 0.6 is 0 Å². The van der Waals surface area contributed by atoms with Crippen LogP contribution in [0.4, 0.5) is 4.79 Å². The summed E-state index contributed by atoms with van der Waals surface area (Å²) >= 11 is 0. The van der Waals surface area contributed by atoms with Crippen LogP contribution in [0, 0.1) is 0 Å². The second kappa shape index (κ2) is 4.71. The van der Waals surface area contributed by atoms with Gasteiger partial charge in [0.1, 0.15) is 6.10 Å². The molecule has 0 bridgehead atoms. The van der Waals surface area contributed by atoms with Crippen LogP contribution in [0.1, 0.15) is 0 Å². The van der Waals surface area contributed by atoms with Crippen molar-refractivity contribution < 1.29 is 9.90 Å². The molecular weight excluding hydrogens is 136 g/mol. The maximum absolute atomic E-state index is 9.95. The van der Waals surface area contributed by atoms with Gasteiger partial charge in [0.25, 0.3) is 0 Å². The van der Waals surface area contributed by atoms with Crippen LogP contribution in [0.2, 0.25) is 0 Å². The van der Waals surface area contributed by atoms with Gasteiger partial charge in [0, 0.05) is 6.54 Å². The monoisotopic (exact) mass is 146 g/mol. The normalized spacial score (nSPS) is 13.4. The number of carbonyl (C=O) groups is 1. The molecule has 0 aromatic rings. The smallest absolute Gasteiger partial charge is 0.332 e. The van der Waals surface area contributed by atoms with Crippen molar-refractivity contribution >= 4 is 12.2 Å². The molecule has 6 heteroatoms. The summed E-state index contributed by atoms with van der Waals surface area (Å²) in [5.41, 5.74) is 11.6. The van der Waals surface area contributed by atoms with Gasteiger partial charge in [-0.1, -0.05) is 0 Å². The molecule has 6 nitrogen and oxygen atoms in total. The van der Waals surface area contributed by atoms with E-state index >= 15 is 0 Å². The van der Waals surface area contributed by atoms with Crippen LogP contribution in [0.5, 0.6) is 0 Å². The molecule has 0 saturated carbocycles. The summed E-state index contributed by atoms with van der Waals surface area (Å²) in [5.74, 6) is 0. The third-order valence-corrected chi connectivity index (χ3v) is 0.663. The molecule has 0 spiro atoms. The van der Waals surface area contributed by atoms with E-state index < -0.39 is 12.1 Å². The van der Waals surface area contributed by atoms with E-state index in [1.165, 1.54) is 0 Å². The lowest BCUT2D eigenvalue weighted by molar-refractivity contribution is 0.247. The third-order valence-electron chi connectivity index (χ3n) is 0.663. The zero-order valence-electron chi connectivity index (χ0n) is 5.32. The van der Waals surface area contributed by atoms with E-state index in [4.69, 9.17) is 10.8 Å². The van der Waals surface area contributed by atoms with Crippen LogP contribution in [0.15, 0.2) is 5.10 Å². The van der Waals surface area contributed by atoms with E-state index in [0.717, 1.165) is 6.21 Å². The van der Waals surface area contributed by atoms with Crippen molar-refractivity contribution in [2.75, 3.05) is 6.54 Å². The number of aliphatic hydroxyl groups excluding tert-OH is 1. The number of nitrogens with zero attached hydrogens (tertiary/aromatic N) is 1. The van der Waals surface area contributed by atoms with Gasteiger partial charge in [-0.15, -0.1) is 0 Å². The second-order valence-corrected chi connectivity index (χ2v) is 1.56. The summed E-state index contributed by atoms with van der Waals surface area (Å²) in [6.45, 7) is 0.0595. The Hall–Kier alpha value is -1.14. The highest BCUT2D eigenvalue weighted by Gasteiger charge is 1.93.